The number of nitrogen functional groups attached to an aromatic ring is 1. The van der Waals surface area contributed by atoms with Crippen molar-refractivity contribution in [3.8, 4) is 10.7 Å². The van der Waals surface area contributed by atoms with Crippen LogP contribution in [-0.4, -0.2) is 15.0 Å². The second kappa shape index (κ2) is 3.39. The summed E-state index contributed by atoms with van der Waals surface area (Å²) < 4.78 is 0.709. The lowest BCUT2D eigenvalue weighted by atomic mass is 10.5. The van der Waals surface area contributed by atoms with Gasteiger partial charge in [-0.05, 0) is 15.9 Å². The molecule has 2 rings (SSSR count). The second-order valence-electron chi connectivity index (χ2n) is 2.29. The van der Waals surface area contributed by atoms with Gasteiger partial charge in [0.25, 0.3) is 0 Å². The van der Waals surface area contributed by atoms with Gasteiger partial charge in [0, 0.05) is 12.4 Å². The van der Waals surface area contributed by atoms with Crippen molar-refractivity contribution in [2.24, 2.45) is 0 Å². The first-order chi connectivity index (χ1) is 6.27. The zero-order valence-electron chi connectivity index (χ0n) is 6.44. The summed E-state index contributed by atoms with van der Waals surface area (Å²) in [6.45, 7) is 0. The molecule has 0 fully saturated rings. The Bertz CT molecular complexity index is 414. The predicted molar refractivity (Wildman–Crippen MR) is 55.3 cm³/mol. The highest BCUT2D eigenvalue weighted by molar-refractivity contribution is 9.10. The normalized spacial score (nSPS) is 10.2. The molecule has 2 heterocycles. The number of rotatable bonds is 1. The summed E-state index contributed by atoms with van der Waals surface area (Å²) in [5.41, 5.74) is 7.35. The number of hydrogen-bond donors (Lipinski definition) is 1. The quantitative estimate of drug-likeness (QED) is 0.847. The monoisotopic (exact) mass is 256 g/mol. The van der Waals surface area contributed by atoms with Crippen molar-refractivity contribution in [2.45, 2.75) is 0 Å². The Morgan fingerprint density at radius 1 is 1.38 bits per heavy atom. The van der Waals surface area contributed by atoms with Gasteiger partial charge in [-0.15, -0.1) is 11.3 Å². The zero-order valence-corrected chi connectivity index (χ0v) is 8.84. The molecule has 0 aliphatic carbocycles. The summed E-state index contributed by atoms with van der Waals surface area (Å²) in [4.78, 5) is 13.1. The van der Waals surface area contributed by atoms with Gasteiger partial charge in [0.15, 0.2) is 5.82 Å². The molecule has 0 unspecified atom stereocenters. The molecular formula is C7H5BrN4S. The summed E-state index contributed by atoms with van der Waals surface area (Å²) in [5, 5.41) is 0. The predicted octanol–water partition coefficient (Wildman–Crippen LogP) is 1.94. The van der Waals surface area contributed by atoms with Gasteiger partial charge >= 0.3 is 0 Å². The van der Waals surface area contributed by atoms with E-state index in [4.69, 9.17) is 5.73 Å². The summed E-state index contributed by atoms with van der Waals surface area (Å²) >= 11 is 4.71. The number of hydrogen-bond acceptors (Lipinski definition) is 5. The van der Waals surface area contributed by atoms with Crippen LogP contribution in [0.3, 0.4) is 0 Å². The zero-order chi connectivity index (χ0) is 9.26. The maximum Gasteiger partial charge on any atom is 0.173 e. The van der Waals surface area contributed by atoms with Crippen LogP contribution in [-0.2, 0) is 0 Å². The van der Waals surface area contributed by atoms with Crippen molar-refractivity contribution in [1.29, 1.82) is 0 Å². The minimum absolute atomic E-state index is 0.443. The maximum absolute atomic E-state index is 5.61. The first-order valence-electron chi connectivity index (χ1n) is 3.44. The van der Waals surface area contributed by atoms with Gasteiger partial charge < -0.3 is 5.73 Å². The van der Waals surface area contributed by atoms with E-state index in [1.807, 2.05) is 0 Å². The lowest BCUT2D eigenvalue weighted by Crippen LogP contribution is -1.95. The van der Waals surface area contributed by atoms with E-state index < -0.39 is 0 Å². The molecule has 66 valence electrons. The molecule has 0 aliphatic heterocycles. The number of anilines is 1. The lowest BCUT2D eigenvalue weighted by molar-refractivity contribution is 1.17. The molecule has 2 aromatic rings. The fraction of sp³-hybridized carbons (Fsp3) is 0. The molecule has 0 aliphatic rings. The van der Waals surface area contributed by atoms with Crippen molar-refractivity contribution >= 4 is 33.1 Å². The molecule has 2 N–H and O–H groups in total. The SMILES string of the molecule is Nc1nc(-c2cncs2)ncc1Br. The second-order valence-corrected chi connectivity index (χ2v) is 4.03. The number of thiazole rings is 1. The van der Waals surface area contributed by atoms with E-state index in [0.29, 0.717) is 16.1 Å². The Morgan fingerprint density at radius 2 is 2.23 bits per heavy atom. The molecule has 0 radical (unpaired) electrons. The van der Waals surface area contributed by atoms with Crippen LogP contribution in [0.25, 0.3) is 10.7 Å². The van der Waals surface area contributed by atoms with E-state index in [9.17, 15) is 0 Å². The van der Waals surface area contributed by atoms with Crippen LogP contribution in [0.4, 0.5) is 5.82 Å². The highest BCUT2D eigenvalue weighted by Crippen LogP contribution is 2.22. The first kappa shape index (κ1) is 8.58. The van der Waals surface area contributed by atoms with E-state index in [0.717, 1.165) is 4.88 Å². The van der Waals surface area contributed by atoms with Crippen LogP contribution in [0, 0.1) is 0 Å². The number of aromatic nitrogens is 3. The molecule has 0 aromatic carbocycles. The maximum atomic E-state index is 5.61. The van der Waals surface area contributed by atoms with Crippen LogP contribution in [0.15, 0.2) is 22.4 Å². The van der Waals surface area contributed by atoms with E-state index in [1.54, 1.807) is 17.9 Å². The molecule has 0 saturated carbocycles. The van der Waals surface area contributed by atoms with Crippen LogP contribution in [0.2, 0.25) is 0 Å². The van der Waals surface area contributed by atoms with Crippen molar-refractivity contribution in [2.75, 3.05) is 5.73 Å². The third-order valence-electron chi connectivity index (χ3n) is 1.42. The Labute approximate surface area is 87.0 Å². The molecule has 0 amide bonds. The van der Waals surface area contributed by atoms with Crippen LogP contribution < -0.4 is 5.73 Å². The molecule has 13 heavy (non-hydrogen) atoms. The van der Waals surface area contributed by atoms with E-state index in [2.05, 4.69) is 30.9 Å². The number of nitrogens with two attached hydrogens (primary N) is 1. The van der Waals surface area contributed by atoms with E-state index in [-0.39, 0.29) is 0 Å². The highest BCUT2D eigenvalue weighted by Gasteiger charge is 2.04. The molecule has 0 spiro atoms. The Kier molecular flexibility index (Phi) is 2.24. The summed E-state index contributed by atoms with van der Waals surface area (Å²) in [7, 11) is 0. The third kappa shape index (κ3) is 1.68. The number of nitrogens with zero attached hydrogens (tertiary/aromatic N) is 3. The minimum Gasteiger partial charge on any atom is -0.383 e. The third-order valence-corrected chi connectivity index (χ3v) is 2.80. The summed E-state index contributed by atoms with van der Waals surface area (Å²) in [6, 6.07) is 0. The first-order valence-corrected chi connectivity index (χ1v) is 5.11. The minimum atomic E-state index is 0.443. The van der Waals surface area contributed by atoms with Gasteiger partial charge in [-0.25, -0.2) is 9.97 Å². The highest BCUT2D eigenvalue weighted by atomic mass is 79.9. The van der Waals surface area contributed by atoms with Crippen molar-refractivity contribution in [1.82, 2.24) is 15.0 Å². The molecule has 6 heteroatoms. The smallest absolute Gasteiger partial charge is 0.173 e. The van der Waals surface area contributed by atoms with E-state index in [1.165, 1.54) is 11.3 Å². The molecule has 4 nitrogen and oxygen atoms in total. The average Bonchev–Trinajstić information content (AvgIpc) is 2.62. The van der Waals surface area contributed by atoms with Crippen LogP contribution in [0.5, 0.6) is 0 Å². The van der Waals surface area contributed by atoms with Gasteiger partial charge in [-0.2, -0.15) is 0 Å². The van der Waals surface area contributed by atoms with Gasteiger partial charge in [0.1, 0.15) is 5.82 Å². The molecular weight excluding hydrogens is 252 g/mol. The summed E-state index contributed by atoms with van der Waals surface area (Å²) in [5.74, 6) is 1.06. The van der Waals surface area contributed by atoms with E-state index >= 15 is 0 Å². The fourth-order valence-electron chi connectivity index (χ4n) is 0.825. The average molecular weight is 257 g/mol. The molecule has 0 atom stereocenters. The van der Waals surface area contributed by atoms with Gasteiger partial charge in [-0.3, -0.25) is 4.98 Å². The topological polar surface area (TPSA) is 64.7 Å². The van der Waals surface area contributed by atoms with Gasteiger partial charge in [0.2, 0.25) is 0 Å². The van der Waals surface area contributed by atoms with Crippen LogP contribution in [0.1, 0.15) is 0 Å². The molecule has 0 bridgehead atoms. The summed E-state index contributed by atoms with van der Waals surface area (Å²) in [6.07, 6.45) is 3.35. The molecule has 0 saturated heterocycles. The molecule has 2 aromatic heterocycles. The lowest BCUT2D eigenvalue weighted by Gasteiger charge is -1.98. The van der Waals surface area contributed by atoms with Crippen molar-refractivity contribution in [3.05, 3.63) is 22.4 Å². The fourth-order valence-corrected chi connectivity index (χ4v) is 1.58. The Hall–Kier alpha value is -1.01. The van der Waals surface area contributed by atoms with Gasteiger partial charge in [0.05, 0.1) is 14.9 Å². The van der Waals surface area contributed by atoms with Crippen LogP contribution >= 0.6 is 27.3 Å². The Morgan fingerprint density at radius 3 is 2.85 bits per heavy atom. The number of halogens is 1. The van der Waals surface area contributed by atoms with Crippen molar-refractivity contribution in [3.63, 3.8) is 0 Å². The standard InChI is InChI=1S/C7H5BrN4S/c8-4-1-11-7(12-6(4)9)5-2-10-3-13-5/h1-3H,(H2,9,11,12). The Balaban J connectivity index is 2.49. The van der Waals surface area contributed by atoms with Gasteiger partial charge in [-0.1, -0.05) is 0 Å². The largest absolute Gasteiger partial charge is 0.383 e. The van der Waals surface area contributed by atoms with Crippen molar-refractivity contribution < 1.29 is 0 Å².